The number of hydrogen-bond donors (Lipinski definition) is 0. The van der Waals surface area contributed by atoms with Crippen molar-refractivity contribution in [1.29, 1.82) is 0 Å². The fraction of sp³-hybridized carbons (Fsp3) is 0.0690. The molecule has 14 rings (SSSR count). The highest BCUT2D eigenvalue weighted by Gasteiger charge is 2.51. The zero-order valence-electron chi connectivity index (χ0n) is 34.1. The number of anilines is 3. The van der Waals surface area contributed by atoms with E-state index in [-0.39, 0.29) is 5.41 Å². The lowest BCUT2D eigenvalue weighted by atomic mass is 9.66. The van der Waals surface area contributed by atoms with E-state index in [1.165, 1.54) is 64.7 Å². The zero-order chi connectivity index (χ0) is 40.9. The van der Waals surface area contributed by atoms with Crippen LogP contribution in [0.2, 0.25) is 0 Å². The highest BCUT2D eigenvalue weighted by atomic mass is 32.1. The maximum absolute atomic E-state index is 7.09. The second-order valence-electron chi connectivity index (χ2n) is 17.5. The standard InChI is InChI=1S/C58H37NO2S/c1-57(2)41-18-6-4-17-38(41)55-45(57)22-13-23-47(55)59(34-29-30-37-36-16-5-12-28-53(36)62-54(37)31-34)48-24-14-27-51-56(48)40-32-39-35-15-3-7-19-42(35)58(46(39)33-52(40)61-51)43-20-8-10-25-49(43)60-50-26-11-9-21-44(50)58/h3-33H,1-2H3. The van der Waals surface area contributed by atoms with Crippen molar-refractivity contribution in [2.75, 3.05) is 4.90 Å². The maximum Gasteiger partial charge on any atom is 0.137 e. The van der Waals surface area contributed by atoms with Crippen molar-refractivity contribution in [3.8, 4) is 33.8 Å². The van der Waals surface area contributed by atoms with Crippen LogP contribution in [0.1, 0.15) is 47.2 Å². The average molecular weight is 812 g/mol. The van der Waals surface area contributed by atoms with Crippen LogP contribution < -0.4 is 9.64 Å². The van der Waals surface area contributed by atoms with Crippen molar-refractivity contribution in [2.45, 2.75) is 24.7 Å². The van der Waals surface area contributed by atoms with Gasteiger partial charge in [0.05, 0.1) is 22.2 Å². The molecule has 1 spiro atoms. The summed E-state index contributed by atoms with van der Waals surface area (Å²) in [6.45, 7) is 4.72. The number of para-hydroxylation sites is 2. The van der Waals surface area contributed by atoms with E-state index in [1.54, 1.807) is 0 Å². The molecule has 0 radical (unpaired) electrons. The lowest BCUT2D eigenvalue weighted by Gasteiger charge is -2.39. The number of hydrogen-bond acceptors (Lipinski definition) is 4. The molecule has 0 N–H and O–H groups in total. The minimum Gasteiger partial charge on any atom is -0.457 e. The molecule has 4 heteroatoms. The molecule has 9 aromatic carbocycles. The summed E-state index contributed by atoms with van der Waals surface area (Å²) in [4.78, 5) is 2.51. The van der Waals surface area contributed by atoms with Gasteiger partial charge in [0.15, 0.2) is 0 Å². The Labute approximate surface area is 362 Å². The van der Waals surface area contributed by atoms with Gasteiger partial charge in [-0.1, -0.05) is 141 Å². The van der Waals surface area contributed by atoms with Gasteiger partial charge in [0.2, 0.25) is 0 Å². The van der Waals surface area contributed by atoms with Crippen molar-refractivity contribution in [1.82, 2.24) is 0 Å². The van der Waals surface area contributed by atoms with Crippen molar-refractivity contribution in [2.24, 2.45) is 0 Å². The first-order chi connectivity index (χ1) is 30.5. The van der Waals surface area contributed by atoms with Gasteiger partial charge in [-0.15, -0.1) is 11.3 Å². The molecule has 62 heavy (non-hydrogen) atoms. The van der Waals surface area contributed by atoms with E-state index < -0.39 is 5.41 Å². The van der Waals surface area contributed by atoms with Gasteiger partial charge in [-0.25, -0.2) is 0 Å². The predicted molar refractivity (Wildman–Crippen MR) is 256 cm³/mol. The summed E-state index contributed by atoms with van der Waals surface area (Å²) in [5.74, 6) is 1.76. The van der Waals surface area contributed by atoms with Crippen LogP contribution in [0.25, 0.3) is 64.4 Å². The Morgan fingerprint density at radius 2 is 1.08 bits per heavy atom. The molecule has 1 aliphatic heterocycles. The Kier molecular flexibility index (Phi) is 6.71. The van der Waals surface area contributed by atoms with Crippen LogP contribution in [-0.2, 0) is 10.8 Å². The van der Waals surface area contributed by atoms with Gasteiger partial charge < -0.3 is 14.1 Å². The maximum atomic E-state index is 7.09. The van der Waals surface area contributed by atoms with Crippen LogP contribution in [-0.4, -0.2) is 0 Å². The number of ether oxygens (including phenoxy) is 1. The monoisotopic (exact) mass is 811 g/mol. The molecule has 0 atom stereocenters. The number of furan rings is 1. The van der Waals surface area contributed by atoms with E-state index in [0.717, 1.165) is 61.6 Å². The molecule has 2 aliphatic carbocycles. The van der Waals surface area contributed by atoms with Crippen LogP contribution in [0.15, 0.2) is 192 Å². The summed E-state index contributed by atoms with van der Waals surface area (Å²) in [6, 6.07) is 68.9. The quantitative estimate of drug-likeness (QED) is 0.178. The highest BCUT2D eigenvalue weighted by molar-refractivity contribution is 7.25. The molecule has 3 aliphatic rings. The molecular weight excluding hydrogens is 775 g/mol. The summed E-state index contributed by atoms with van der Waals surface area (Å²) in [5, 5.41) is 4.77. The lowest BCUT2D eigenvalue weighted by Crippen LogP contribution is -2.32. The second-order valence-corrected chi connectivity index (χ2v) is 18.6. The predicted octanol–water partition coefficient (Wildman–Crippen LogP) is 16.2. The SMILES string of the molecule is CC1(C)c2ccccc2-c2c(N(c3ccc4c(c3)sc3ccccc34)c3cccc4oc5cc6c(cc5c34)-c3ccccc3C63c4ccccc4Oc4ccccc43)cccc21. The first-order valence-corrected chi connectivity index (χ1v) is 22.2. The third-order valence-electron chi connectivity index (χ3n) is 14.1. The smallest absolute Gasteiger partial charge is 0.137 e. The molecule has 0 fully saturated rings. The number of thiophene rings is 1. The fourth-order valence-corrected chi connectivity index (χ4v) is 12.7. The third kappa shape index (κ3) is 4.29. The zero-order valence-corrected chi connectivity index (χ0v) is 34.9. The Balaban J connectivity index is 1.07. The normalized spacial score (nSPS) is 14.7. The van der Waals surface area contributed by atoms with Gasteiger partial charge in [-0.2, -0.15) is 0 Å². The Hall–Kier alpha value is -7.40. The molecular formula is C58H37NO2S. The number of fused-ring (bicyclic) bond motifs is 18. The number of rotatable bonds is 3. The molecule has 0 amide bonds. The van der Waals surface area contributed by atoms with Crippen molar-refractivity contribution in [3.63, 3.8) is 0 Å². The van der Waals surface area contributed by atoms with Crippen LogP contribution in [0.4, 0.5) is 17.1 Å². The van der Waals surface area contributed by atoms with E-state index in [4.69, 9.17) is 9.15 Å². The Morgan fingerprint density at radius 1 is 0.435 bits per heavy atom. The Morgan fingerprint density at radius 3 is 1.90 bits per heavy atom. The van der Waals surface area contributed by atoms with E-state index in [9.17, 15) is 0 Å². The minimum absolute atomic E-state index is 0.150. The van der Waals surface area contributed by atoms with E-state index in [1.807, 2.05) is 11.3 Å². The average Bonchev–Trinajstić information content (AvgIpc) is 4.02. The summed E-state index contributed by atoms with van der Waals surface area (Å²) in [5.41, 5.74) is 16.8. The van der Waals surface area contributed by atoms with E-state index >= 15 is 0 Å². The molecule has 0 saturated heterocycles. The van der Waals surface area contributed by atoms with Gasteiger partial charge in [0.25, 0.3) is 0 Å². The molecule has 0 saturated carbocycles. The molecule has 0 unspecified atom stereocenters. The summed E-state index contributed by atoms with van der Waals surface area (Å²) in [6.07, 6.45) is 0. The van der Waals surface area contributed by atoms with Gasteiger partial charge in [-0.05, 0) is 99.6 Å². The van der Waals surface area contributed by atoms with Crippen molar-refractivity contribution >= 4 is 70.5 Å². The second kappa shape index (κ2) is 12.1. The topological polar surface area (TPSA) is 25.6 Å². The van der Waals surface area contributed by atoms with Crippen LogP contribution in [0.5, 0.6) is 11.5 Å². The van der Waals surface area contributed by atoms with Gasteiger partial charge in [-0.3, -0.25) is 0 Å². The van der Waals surface area contributed by atoms with Gasteiger partial charge in [0.1, 0.15) is 22.7 Å². The molecule has 3 heterocycles. The summed E-state index contributed by atoms with van der Waals surface area (Å²) >= 11 is 1.86. The Bertz CT molecular complexity index is 3690. The number of benzene rings is 9. The molecule has 2 aromatic heterocycles. The first-order valence-electron chi connectivity index (χ1n) is 21.4. The molecule has 11 aromatic rings. The van der Waals surface area contributed by atoms with E-state index in [0.29, 0.717) is 0 Å². The highest BCUT2D eigenvalue weighted by Crippen LogP contribution is 2.63. The van der Waals surface area contributed by atoms with Crippen molar-refractivity contribution < 1.29 is 9.15 Å². The molecule has 292 valence electrons. The first kappa shape index (κ1) is 34.3. The summed E-state index contributed by atoms with van der Waals surface area (Å²) < 4.78 is 16.3. The van der Waals surface area contributed by atoms with Gasteiger partial charge >= 0.3 is 0 Å². The van der Waals surface area contributed by atoms with Crippen LogP contribution >= 0.6 is 11.3 Å². The molecule has 3 nitrogen and oxygen atoms in total. The van der Waals surface area contributed by atoms with Gasteiger partial charge in [0, 0.05) is 53.4 Å². The largest absolute Gasteiger partial charge is 0.457 e. The van der Waals surface area contributed by atoms with Crippen molar-refractivity contribution in [3.05, 3.63) is 221 Å². The third-order valence-corrected chi connectivity index (χ3v) is 15.3. The fourth-order valence-electron chi connectivity index (χ4n) is 11.5. The number of nitrogens with zero attached hydrogens (tertiary/aromatic N) is 1. The van der Waals surface area contributed by atoms with E-state index in [2.05, 4.69) is 207 Å². The lowest BCUT2D eigenvalue weighted by molar-refractivity contribution is 0.436. The van der Waals surface area contributed by atoms with Crippen LogP contribution in [0, 0.1) is 0 Å². The summed E-state index contributed by atoms with van der Waals surface area (Å²) in [7, 11) is 0. The molecule has 0 bridgehead atoms. The van der Waals surface area contributed by atoms with Crippen LogP contribution in [0.3, 0.4) is 0 Å². The minimum atomic E-state index is -0.580.